The van der Waals surface area contributed by atoms with Crippen molar-refractivity contribution in [3.05, 3.63) is 60.1 Å². The molecule has 2 aliphatic rings. The zero-order valence-corrected chi connectivity index (χ0v) is 16.8. The monoisotopic (exact) mass is 395 g/mol. The molecule has 2 saturated heterocycles. The minimum Gasteiger partial charge on any atom is -0.472 e. The molecule has 1 N–H and O–H groups in total. The predicted molar refractivity (Wildman–Crippen MR) is 110 cm³/mol. The average molecular weight is 396 g/mol. The first-order valence-electron chi connectivity index (χ1n) is 10.6. The van der Waals surface area contributed by atoms with Gasteiger partial charge in [0.1, 0.15) is 6.26 Å². The van der Waals surface area contributed by atoms with E-state index in [1.807, 2.05) is 35.2 Å². The van der Waals surface area contributed by atoms with Gasteiger partial charge in [-0.2, -0.15) is 0 Å². The number of hydrogen-bond acceptors (Lipinski definition) is 4. The molecular formula is C23H29N3O3. The number of furan rings is 1. The Labute approximate surface area is 171 Å². The molecule has 1 atom stereocenters. The Kier molecular flexibility index (Phi) is 6.30. The van der Waals surface area contributed by atoms with Crippen molar-refractivity contribution >= 4 is 11.8 Å². The molecule has 1 aromatic heterocycles. The van der Waals surface area contributed by atoms with Crippen LogP contribution in [0.3, 0.4) is 0 Å². The van der Waals surface area contributed by atoms with Gasteiger partial charge in [-0.15, -0.1) is 0 Å². The van der Waals surface area contributed by atoms with Gasteiger partial charge in [-0.3, -0.25) is 14.5 Å². The van der Waals surface area contributed by atoms with Crippen molar-refractivity contribution in [2.24, 2.45) is 5.92 Å². The van der Waals surface area contributed by atoms with Crippen LogP contribution in [-0.2, 0) is 11.3 Å². The topological polar surface area (TPSA) is 65.8 Å². The molecule has 0 aliphatic carbocycles. The summed E-state index contributed by atoms with van der Waals surface area (Å²) >= 11 is 0. The summed E-state index contributed by atoms with van der Waals surface area (Å²) in [7, 11) is 0. The lowest BCUT2D eigenvalue weighted by Gasteiger charge is -2.42. The van der Waals surface area contributed by atoms with Crippen LogP contribution in [0.25, 0.3) is 0 Å². The van der Waals surface area contributed by atoms with Crippen molar-refractivity contribution in [3.63, 3.8) is 0 Å². The van der Waals surface area contributed by atoms with E-state index in [9.17, 15) is 9.59 Å². The number of carbonyl (C=O) groups is 2. The molecule has 0 radical (unpaired) electrons. The van der Waals surface area contributed by atoms with Gasteiger partial charge in [0.05, 0.1) is 17.7 Å². The third-order valence-corrected chi connectivity index (χ3v) is 6.17. The Morgan fingerprint density at radius 2 is 1.83 bits per heavy atom. The molecule has 2 aliphatic heterocycles. The number of nitrogens with one attached hydrogen (secondary N) is 1. The molecule has 1 aromatic carbocycles. The van der Waals surface area contributed by atoms with Gasteiger partial charge in [-0.1, -0.05) is 30.3 Å². The lowest BCUT2D eigenvalue weighted by atomic mass is 9.93. The maximum Gasteiger partial charge on any atom is 0.257 e. The van der Waals surface area contributed by atoms with Gasteiger partial charge >= 0.3 is 0 Å². The first-order valence-corrected chi connectivity index (χ1v) is 10.6. The minimum absolute atomic E-state index is 0.0500. The lowest BCUT2D eigenvalue weighted by Crippen LogP contribution is -2.51. The molecular weight excluding hydrogens is 366 g/mol. The Hall–Kier alpha value is -2.60. The Morgan fingerprint density at radius 1 is 1.03 bits per heavy atom. The maximum absolute atomic E-state index is 12.7. The van der Waals surface area contributed by atoms with Crippen LogP contribution in [-0.4, -0.2) is 53.8 Å². The van der Waals surface area contributed by atoms with Crippen molar-refractivity contribution in [3.8, 4) is 0 Å². The molecule has 154 valence electrons. The summed E-state index contributed by atoms with van der Waals surface area (Å²) in [5.74, 6) is 0.262. The second-order valence-electron chi connectivity index (χ2n) is 8.07. The second kappa shape index (κ2) is 9.27. The molecule has 2 amide bonds. The molecule has 6 heteroatoms. The summed E-state index contributed by atoms with van der Waals surface area (Å²) in [5, 5.41) is 3.10. The summed E-state index contributed by atoms with van der Waals surface area (Å²) in [6, 6.07) is 12.2. The van der Waals surface area contributed by atoms with Crippen molar-refractivity contribution in [1.82, 2.24) is 15.1 Å². The third kappa shape index (κ3) is 4.88. The average Bonchev–Trinajstić information content (AvgIpc) is 3.33. The number of amides is 2. The highest BCUT2D eigenvalue weighted by Crippen LogP contribution is 2.25. The van der Waals surface area contributed by atoms with E-state index in [1.54, 1.807) is 6.07 Å². The van der Waals surface area contributed by atoms with Gasteiger partial charge < -0.3 is 14.6 Å². The number of hydrogen-bond donors (Lipinski definition) is 1. The molecule has 0 bridgehead atoms. The standard InChI is InChI=1S/C23H29N3O3/c27-22(24-15-18-5-2-1-3-6-18)19-7-4-11-26(16-19)21-8-12-25(13-9-21)23(28)20-10-14-29-17-20/h1-3,5-6,10,14,17,19,21H,4,7-9,11-13,15-16H2,(H,24,27). The van der Waals surface area contributed by atoms with Crippen LogP contribution in [0.2, 0.25) is 0 Å². The van der Waals surface area contributed by atoms with Gasteiger partial charge in [0.2, 0.25) is 5.91 Å². The predicted octanol–water partition coefficient (Wildman–Crippen LogP) is 2.91. The van der Waals surface area contributed by atoms with Crippen LogP contribution in [0.5, 0.6) is 0 Å². The van der Waals surface area contributed by atoms with E-state index < -0.39 is 0 Å². The van der Waals surface area contributed by atoms with E-state index in [2.05, 4.69) is 10.2 Å². The highest BCUT2D eigenvalue weighted by molar-refractivity contribution is 5.93. The molecule has 0 saturated carbocycles. The first kappa shape index (κ1) is 19.7. The molecule has 1 unspecified atom stereocenters. The number of carbonyl (C=O) groups excluding carboxylic acids is 2. The van der Waals surface area contributed by atoms with E-state index in [0.717, 1.165) is 57.4 Å². The smallest absolute Gasteiger partial charge is 0.257 e. The van der Waals surface area contributed by atoms with Crippen LogP contribution in [0, 0.1) is 5.92 Å². The fourth-order valence-electron chi connectivity index (χ4n) is 4.48. The first-order chi connectivity index (χ1) is 14.2. The molecule has 2 aromatic rings. The molecule has 6 nitrogen and oxygen atoms in total. The number of benzene rings is 1. The molecule has 29 heavy (non-hydrogen) atoms. The van der Waals surface area contributed by atoms with Crippen molar-refractivity contribution in [2.45, 2.75) is 38.3 Å². The van der Waals surface area contributed by atoms with E-state index in [-0.39, 0.29) is 17.7 Å². The largest absolute Gasteiger partial charge is 0.472 e. The zero-order chi connectivity index (χ0) is 20.1. The summed E-state index contributed by atoms with van der Waals surface area (Å²) in [6.07, 6.45) is 6.98. The third-order valence-electron chi connectivity index (χ3n) is 6.17. The van der Waals surface area contributed by atoms with Crippen molar-refractivity contribution in [2.75, 3.05) is 26.2 Å². The fourth-order valence-corrected chi connectivity index (χ4v) is 4.48. The minimum atomic E-state index is 0.0500. The van der Waals surface area contributed by atoms with E-state index >= 15 is 0 Å². The molecule has 4 rings (SSSR count). The van der Waals surface area contributed by atoms with Gasteiger partial charge in [0.15, 0.2) is 0 Å². The number of piperidine rings is 2. The van der Waals surface area contributed by atoms with Crippen LogP contribution in [0.1, 0.15) is 41.6 Å². The summed E-state index contributed by atoms with van der Waals surface area (Å²) in [5.41, 5.74) is 1.75. The van der Waals surface area contributed by atoms with Gasteiger partial charge in [-0.25, -0.2) is 0 Å². The lowest BCUT2D eigenvalue weighted by molar-refractivity contribution is -0.127. The molecule has 2 fully saturated rings. The summed E-state index contributed by atoms with van der Waals surface area (Å²) < 4.78 is 5.03. The Bertz CT molecular complexity index is 798. The normalized spacial score (nSPS) is 21.1. The van der Waals surface area contributed by atoms with Gasteiger partial charge in [0.25, 0.3) is 5.91 Å². The van der Waals surface area contributed by atoms with Crippen LogP contribution < -0.4 is 5.32 Å². The van der Waals surface area contributed by atoms with E-state index in [4.69, 9.17) is 4.42 Å². The highest BCUT2D eigenvalue weighted by Gasteiger charge is 2.32. The zero-order valence-electron chi connectivity index (χ0n) is 16.8. The second-order valence-corrected chi connectivity index (χ2v) is 8.07. The highest BCUT2D eigenvalue weighted by atomic mass is 16.3. The number of rotatable bonds is 5. The van der Waals surface area contributed by atoms with E-state index in [1.165, 1.54) is 12.5 Å². The van der Waals surface area contributed by atoms with Gasteiger partial charge in [-0.05, 0) is 43.9 Å². The van der Waals surface area contributed by atoms with Crippen LogP contribution in [0.4, 0.5) is 0 Å². The van der Waals surface area contributed by atoms with E-state index in [0.29, 0.717) is 18.2 Å². The molecule has 3 heterocycles. The van der Waals surface area contributed by atoms with Crippen LogP contribution >= 0.6 is 0 Å². The van der Waals surface area contributed by atoms with Crippen LogP contribution in [0.15, 0.2) is 53.3 Å². The number of likely N-dealkylation sites (tertiary alicyclic amines) is 2. The fraction of sp³-hybridized carbons (Fsp3) is 0.478. The summed E-state index contributed by atoms with van der Waals surface area (Å²) in [6.45, 7) is 3.97. The Balaban J connectivity index is 1.25. The molecule has 0 spiro atoms. The summed E-state index contributed by atoms with van der Waals surface area (Å²) in [4.78, 5) is 29.5. The number of nitrogens with zero attached hydrogens (tertiary/aromatic N) is 2. The van der Waals surface area contributed by atoms with Crippen molar-refractivity contribution in [1.29, 1.82) is 0 Å². The quantitative estimate of drug-likeness (QED) is 0.845. The Morgan fingerprint density at radius 3 is 2.55 bits per heavy atom. The van der Waals surface area contributed by atoms with Gasteiger partial charge in [0, 0.05) is 32.2 Å². The van der Waals surface area contributed by atoms with Crippen molar-refractivity contribution < 1.29 is 14.0 Å². The maximum atomic E-state index is 12.7. The SMILES string of the molecule is O=C(NCc1ccccc1)C1CCCN(C2CCN(C(=O)c3ccoc3)CC2)C1.